The van der Waals surface area contributed by atoms with Crippen molar-refractivity contribution in [3.05, 3.63) is 170 Å². The Labute approximate surface area is 281 Å². The lowest BCUT2D eigenvalue weighted by atomic mass is 10.0. The second-order valence-electron chi connectivity index (χ2n) is 12.3. The van der Waals surface area contributed by atoms with Gasteiger partial charge in [0.1, 0.15) is 17.0 Å². The summed E-state index contributed by atoms with van der Waals surface area (Å²) in [6.07, 6.45) is 1.80. The summed E-state index contributed by atoms with van der Waals surface area (Å²) in [5, 5.41) is 5.61. The number of para-hydroxylation sites is 4. The summed E-state index contributed by atoms with van der Waals surface area (Å²) in [6, 6.07) is 57.4. The molecule has 0 unspecified atom stereocenters. The van der Waals surface area contributed by atoms with E-state index in [2.05, 4.69) is 154 Å². The lowest BCUT2D eigenvalue weighted by molar-refractivity contribution is 0.669. The van der Waals surface area contributed by atoms with Crippen molar-refractivity contribution >= 4 is 71.8 Å². The fourth-order valence-corrected chi connectivity index (χ4v) is 7.22. The maximum atomic E-state index is 6.15. The molecular formula is C44H28N4O. The van der Waals surface area contributed by atoms with E-state index in [1.165, 1.54) is 10.8 Å². The maximum absolute atomic E-state index is 6.15. The zero-order valence-electron chi connectivity index (χ0n) is 26.4. The van der Waals surface area contributed by atoms with E-state index in [1.54, 1.807) is 6.20 Å². The third-order valence-electron chi connectivity index (χ3n) is 9.44. The van der Waals surface area contributed by atoms with E-state index in [9.17, 15) is 0 Å². The van der Waals surface area contributed by atoms with E-state index in [0.29, 0.717) is 0 Å². The van der Waals surface area contributed by atoms with Crippen LogP contribution < -0.4 is 4.90 Å². The number of fused-ring (bicyclic) bond motifs is 7. The number of aromatic nitrogens is 3. The van der Waals surface area contributed by atoms with Crippen molar-refractivity contribution in [3.8, 4) is 16.9 Å². The van der Waals surface area contributed by atoms with Crippen molar-refractivity contribution < 1.29 is 4.42 Å². The van der Waals surface area contributed by atoms with Crippen LogP contribution in [0.5, 0.6) is 0 Å². The predicted octanol–water partition coefficient (Wildman–Crippen LogP) is 11.8. The first-order valence-electron chi connectivity index (χ1n) is 16.4. The van der Waals surface area contributed by atoms with E-state index in [1.807, 2.05) is 24.3 Å². The number of hydrogen-bond acceptors (Lipinski definition) is 4. The normalized spacial score (nSPS) is 11.7. The molecule has 0 aliphatic carbocycles. The highest BCUT2D eigenvalue weighted by molar-refractivity contribution is 6.14. The quantitative estimate of drug-likeness (QED) is 0.190. The number of anilines is 3. The predicted molar refractivity (Wildman–Crippen MR) is 201 cm³/mol. The minimum absolute atomic E-state index is 0.732. The molecule has 6 aromatic carbocycles. The van der Waals surface area contributed by atoms with Crippen molar-refractivity contribution in [2.45, 2.75) is 0 Å². The highest BCUT2D eigenvalue weighted by Crippen LogP contribution is 2.41. The highest BCUT2D eigenvalue weighted by atomic mass is 16.3. The van der Waals surface area contributed by atoms with Crippen LogP contribution in [-0.4, -0.2) is 14.5 Å². The maximum Gasteiger partial charge on any atom is 0.161 e. The summed E-state index contributed by atoms with van der Waals surface area (Å²) in [7, 11) is 0. The molecule has 0 saturated carbocycles. The van der Waals surface area contributed by atoms with Crippen molar-refractivity contribution in [2.75, 3.05) is 4.90 Å². The lowest BCUT2D eigenvalue weighted by Gasteiger charge is -2.25. The third kappa shape index (κ3) is 4.40. The molecular weight excluding hydrogens is 601 g/mol. The van der Waals surface area contributed by atoms with Crippen molar-refractivity contribution in [3.63, 3.8) is 0 Å². The molecule has 0 radical (unpaired) electrons. The van der Waals surface area contributed by atoms with Gasteiger partial charge in [0.15, 0.2) is 5.65 Å². The molecule has 0 spiro atoms. The molecule has 0 aliphatic rings. The smallest absolute Gasteiger partial charge is 0.161 e. The Morgan fingerprint density at radius 1 is 0.510 bits per heavy atom. The minimum Gasteiger partial charge on any atom is -0.456 e. The van der Waals surface area contributed by atoms with Gasteiger partial charge in [0, 0.05) is 55.8 Å². The van der Waals surface area contributed by atoms with Crippen LogP contribution in [0.2, 0.25) is 0 Å². The average Bonchev–Trinajstić information content (AvgIpc) is 3.71. The van der Waals surface area contributed by atoms with Crippen LogP contribution in [0.1, 0.15) is 0 Å². The van der Waals surface area contributed by atoms with Gasteiger partial charge in [-0.2, -0.15) is 0 Å². The van der Waals surface area contributed by atoms with Crippen molar-refractivity contribution in [2.24, 2.45) is 0 Å². The molecule has 0 amide bonds. The van der Waals surface area contributed by atoms with Crippen LogP contribution in [0.4, 0.5) is 17.1 Å². The molecule has 4 aromatic heterocycles. The lowest BCUT2D eigenvalue weighted by Crippen LogP contribution is -2.09. The molecule has 49 heavy (non-hydrogen) atoms. The van der Waals surface area contributed by atoms with Gasteiger partial charge in [0.25, 0.3) is 0 Å². The first-order valence-corrected chi connectivity index (χ1v) is 16.4. The number of rotatable bonds is 5. The van der Waals surface area contributed by atoms with E-state index in [0.717, 1.165) is 78.0 Å². The van der Waals surface area contributed by atoms with Gasteiger partial charge >= 0.3 is 0 Å². The van der Waals surface area contributed by atoms with Gasteiger partial charge in [-0.15, -0.1) is 0 Å². The summed E-state index contributed by atoms with van der Waals surface area (Å²) >= 11 is 0. The van der Waals surface area contributed by atoms with Crippen molar-refractivity contribution in [1.29, 1.82) is 0 Å². The number of benzene rings is 6. The molecule has 0 N–H and O–H groups in total. The first-order chi connectivity index (χ1) is 24.3. The first kappa shape index (κ1) is 27.4. The van der Waals surface area contributed by atoms with Crippen LogP contribution >= 0.6 is 0 Å². The topological polar surface area (TPSA) is 47.1 Å². The zero-order valence-corrected chi connectivity index (χ0v) is 26.4. The van der Waals surface area contributed by atoms with E-state index in [-0.39, 0.29) is 0 Å². The summed E-state index contributed by atoms with van der Waals surface area (Å²) in [5.41, 5.74) is 10.2. The van der Waals surface area contributed by atoms with Gasteiger partial charge in [-0.1, -0.05) is 84.9 Å². The minimum atomic E-state index is 0.732. The van der Waals surface area contributed by atoms with E-state index in [4.69, 9.17) is 9.40 Å². The highest BCUT2D eigenvalue weighted by Gasteiger charge is 2.19. The molecule has 230 valence electrons. The SMILES string of the molecule is c1ccc(N(c2ccc(-c3cccc4c5ccccc5n(-c5ccc6cccnc6n5)c34)cc2)c2ccc3oc4ccccc4c3c2)cc1. The third-order valence-corrected chi connectivity index (χ3v) is 9.44. The van der Waals surface area contributed by atoms with Gasteiger partial charge < -0.3 is 9.32 Å². The van der Waals surface area contributed by atoms with Gasteiger partial charge in [-0.05, 0) is 84.4 Å². The van der Waals surface area contributed by atoms with E-state index < -0.39 is 0 Å². The second-order valence-corrected chi connectivity index (χ2v) is 12.3. The molecule has 10 rings (SSSR count). The van der Waals surface area contributed by atoms with Crippen LogP contribution in [0.15, 0.2) is 174 Å². The van der Waals surface area contributed by atoms with E-state index >= 15 is 0 Å². The van der Waals surface area contributed by atoms with Crippen LogP contribution in [0.3, 0.4) is 0 Å². The molecule has 0 saturated heterocycles. The fourth-order valence-electron chi connectivity index (χ4n) is 7.22. The molecule has 5 heteroatoms. The van der Waals surface area contributed by atoms with Crippen LogP contribution in [0, 0.1) is 0 Å². The molecule has 0 atom stereocenters. The Kier molecular flexibility index (Phi) is 6.11. The van der Waals surface area contributed by atoms with Gasteiger partial charge in [-0.3, -0.25) is 4.57 Å². The Hall–Kier alpha value is -6.72. The Morgan fingerprint density at radius 3 is 2.14 bits per heavy atom. The molecule has 0 bridgehead atoms. The number of furan rings is 1. The average molecular weight is 629 g/mol. The molecule has 10 aromatic rings. The largest absolute Gasteiger partial charge is 0.456 e. The van der Waals surface area contributed by atoms with Gasteiger partial charge in [-0.25, -0.2) is 9.97 Å². The Balaban J connectivity index is 1.14. The fraction of sp³-hybridized carbons (Fsp3) is 0. The molecule has 0 aliphatic heterocycles. The molecule has 5 nitrogen and oxygen atoms in total. The summed E-state index contributed by atoms with van der Waals surface area (Å²) in [6.45, 7) is 0. The summed E-state index contributed by atoms with van der Waals surface area (Å²) in [5.74, 6) is 0.846. The molecule has 4 heterocycles. The van der Waals surface area contributed by atoms with Gasteiger partial charge in [0.2, 0.25) is 0 Å². The Morgan fingerprint density at radius 2 is 1.24 bits per heavy atom. The summed E-state index contributed by atoms with van der Waals surface area (Å²) in [4.78, 5) is 11.9. The van der Waals surface area contributed by atoms with Crippen LogP contribution in [-0.2, 0) is 0 Å². The van der Waals surface area contributed by atoms with Crippen LogP contribution in [0.25, 0.3) is 71.7 Å². The number of hydrogen-bond donors (Lipinski definition) is 0. The Bertz CT molecular complexity index is 2830. The van der Waals surface area contributed by atoms with Crippen molar-refractivity contribution in [1.82, 2.24) is 14.5 Å². The molecule has 0 fully saturated rings. The number of pyridine rings is 2. The summed E-state index contributed by atoms with van der Waals surface area (Å²) < 4.78 is 8.43. The standard InChI is InChI=1S/C44H28N4O/c1-2-11-31(12-3-1)47(33-24-25-41-38(28-33)36-14-5-7-18-40(36)49-41)32-22-19-29(20-23-32)34-15-8-16-37-35-13-4-6-17-39(35)48(43(34)37)42-26-21-30-10-9-27-45-44(30)46-42/h1-28H. The number of nitrogens with zero attached hydrogens (tertiary/aromatic N) is 4. The second kappa shape index (κ2) is 10.9. The monoisotopic (exact) mass is 628 g/mol. The zero-order chi connectivity index (χ0) is 32.3. The van der Waals surface area contributed by atoms with Gasteiger partial charge in [0.05, 0.1) is 11.0 Å².